The van der Waals surface area contributed by atoms with Crippen LogP contribution in [0.25, 0.3) is 16.9 Å². The lowest BCUT2D eigenvalue weighted by atomic mass is 10.1. The minimum Gasteiger partial charge on any atom is -0.497 e. The van der Waals surface area contributed by atoms with Crippen molar-refractivity contribution in [1.82, 2.24) is 15.2 Å². The number of rotatable bonds is 8. The minimum absolute atomic E-state index is 0.157. The van der Waals surface area contributed by atoms with Gasteiger partial charge in [-0.3, -0.25) is 14.4 Å². The SMILES string of the molecule is COc1ccc(-c2nn(-c3ccccc3)cc2/C=N/NC(=O)C(=O)Nc2ccccc2C(=O)Nc2ccc(Cl)cc2)cc1. The van der Waals surface area contributed by atoms with E-state index >= 15 is 0 Å². The molecule has 1 aromatic heterocycles. The van der Waals surface area contributed by atoms with Crippen LogP contribution in [0.5, 0.6) is 5.75 Å². The van der Waals surface area contributed by atoms with E-state index < -0.39 is 17.7 Å². The van der Waals surface area contributed by atoms with E-state index in [0.717, 1.165) is 11.3 Å². The first kappa shape index (κ1) is 28.8. The number of amides is 3. The molecule has 214 valence electrons. The zero-order valence-electron chi connectivity index (χ0n) is 22.8. The van der Waals surface area contributed by atoms with Gasteiger partial charge in [0.1, 0.15) is 11.4 Å². The molecule has 43 heavy (non-hydrogen) atoms. The van der Waals surface area contributed by atoms with Crippen molar-refractivity contribution in [3.63, 3.8) is 0 Å². The van der Waals surface area contributed by atoms with Crippen LogP contribution in [0.1, 0.15) is 15.9 Å². The zero-order chi connectivity index (χ0) is 30.2. The smallest absolute Gasteiger partial charge is 0.329 e. The number of para-hydroxylation sites is 2. The first-order valence-corrected chi connectivity index (χ1v) is 13.4. The number of carbonyl (C=O) groups is 3. The second-order valence-corrected chi connectivity index (χ2v) is 9.54. The summed E-state index contributed by atoms with van der Waals surface area (Å²) in [7, 11) is 1.59. The molecule has 5 rings (SSSR count). The van der Waals surface area contributed by atoms with Crippen LogP contribution in [0.2, 0.25) is 5.02 Å². The number of hydrazone groups is 1. The number of carbonyl (C=O) groups excluding carboxylic acids is 3. The average molecular weight is 593 g/mol. The third-order valence-corrected chi connectivity index (χ3v) is 6.48. The number of nitrogens with one attached hydrogen (secondary N) is 3. The topological polar surface area (TPSA) is 127 Å². The Morgan fingerprint density at radius 2 is 1.53 bits per heavy atom. The third kappa shape index (κ3) is 7.13. The molecule has 1 heterocycles. The van der Waals surface area contributed by atoms with Crippen LogP contribution in [-0.4, -0.2) is 40.8 Å². The predicted octanol–water partition coefficient (Wildman–Crippen LogP) is 5.54. The van der Waals surface area contributed by atoms with E-state index in [4.69, 9.17) is 21.4 Å². The molecule has 4 aromatic carbocycles. The van der Waals surface area contributed by atoms with Gasteiger partial charge >= 0.3 is 11.8 Å². The highest BCUT2D eigenvalue weighted by molar-refractivity contribution is 6.40. The van der Waals surface area contributed by atoms with Crippen molar-refractivity contribution in [2.45, 2.75) is 0 Å². The number of halogens is 1. The molecule has 0 saturated carbocycles. The summed E-state index contributed by atoms with van der Waals surface area (Å²) in [6, 6.07) is 29.8. The molecular formula is C32H25ClN6O4. The van der Waals surface area contributed by atoms with Crippen LogP contribution in [-0.2, 0) is 9.59 Å². The molecule has 0 aliphatic heterocycles. The Morgan fingerprint density at radius 3 is 2.26 bits per heavy atom. The van der Waals surface area contributed by atoms with Crippen LogP contribution >= 0.6 is 11.6 Å². The van der Waals surface area contributed by atoms with Gasteiger partial charge in [-0.05, 0) is 72.8 Å². The number of benzene rings is 4. The van der Waals surface area contributed by atoms with E-state index in [1.165, 1.54) is 18.3 Å². The molecule has 3 N–H and O–H groups in total. The Morgan fingerprint density at radius 1 is 0.837 bits per heavy atom. The molecule has 0 radical (unpaired) electrons. The Labute approximate surface area is 252 Å². The molecule has 0 saturated heterocycles. The summed E-state index contributed by atoms with van der Waals surface area (Å²) in [4.78, 5) is 38.2. The lowest BCUT2D eigenvalue weighted by Gasteiger charge is -2.11. The van der Waals surface area contributed by atoms with E-state index in [0.29, 0.717) is 27.7 Å². The van der Waals surface area contributed by atoms with Gasteiger partial charge in [-0.25, -0.2) is 10.1 Å². The molecule has 0 aliphatic rings. The molecule has 10 nitrogen and oxygen atoms in total. The van der Waals surface area contributed by atoms with Gasteiger partial charge in [0, 0.05) is 28.0 Å². The summed E-state index contributed by atoms with van der Waals surface area (Å²) in [5, 5.41) is 14.4. The molecule has 0 aliphatic carbocycles. The van der Waals surface area contributed by atoms with Gasteiger partial charge in [0.15, 0.2) is 0 Å². The molecule has 0 fully saturated rings. The Bertz CT molecular complexity index is 1790. The largest absolute Gasteiger partial charge is 0.497 e. The van der Waals surface area contributed by atoms with Gasteiger partial charge in [-0.1, -0.05) is 41.9 Å². The summed E-state index contributed by atoms with van der Waals surface area (Å²) in [5.41, 5.74) is 5.92. The van der Waals surface area contributed by atoms with Crippen LogP contribution < -0.4 is 20.8 Å². The van der Waals surface area contributed by atoms with Gasteiger partial charge in [0.25, 0.3) is 5.91 Å². The standard InChI is InChI=1S/C32H25ClN6O4/c1-43-26-17-11-21(12-18-26)29-22(20-39(38-29)25-7-3-2-4-8-25)19-34-37-32(42)31(41)36-28-10-6-5-9-27(28)30(40)35-24-15-13-23(33)14-16-24/h2-20H,1H3,(H,35,40)(H,36,41)(H,37,42)/b34-19+. The normalized spacial score (nSPS) is 10.7. The maximum absolute atomic E-state index is 12.9. The van der Waals surface area contributed by atoms with Crippen molar-refractivity contribution in [1.29, 1.82) is 0 Å². The van der Waals surface area contributed by atoms with E-state index in [1.54, 1.807) is 54.4 Å². The van der Waals surface area contributed by atoms with Gasteiger partial charge in [0.05, 0.1) is 30.3 Å². The quantitative estimate of drug-likeness (QED) is 0.124. The van der Waals surface area contributed by atoms with Crippen LogP contribution in [0.3, 0.4) is 0 Å². The fourth-order valence-corrected chi connectivity index (χ4v) is 4.21. The third-order valence-electron chi connectivity index (χ3n) is 6.22. The fourth-order valence-electron chi connectivity index (χ4n) is 4.08. The zero-order valence-corrected chi connectivity index (χ0v) is 23.6. The molecule has 11 heteroatoms. The molecule has 5 aromatic rings. The molecule has 0 bridgehead atoms. The second-order valence-electron chi connectivity index (χ2n) is 9.10. The Kier molecular flexibility index (Phi) is 8.89. The van der Waals surface area contributed by atoms with Crippen molar-refractivity contribution in [3.05, 3.63) is 125 Å². The lowest BCUT2D eigenvalue weighted by molar-refractivity contribution is -0.136. The molecular weight excluding hydrogens is 568 g/mol. The Hall–Kier alpha value is -5.74. The Balaban J connectivity index is 1.29. The first-order chi connectivity index (χ1) is 20.9. The van der Waals surface area contributed by atoms with Crippen molar-refractivity contribution in [2.75, 3.05) is 17.7 Å². The highest BCUT2D eigenvalue weighted by Gasteiger charge is 2.18. The monoisotopic (exact) mass is 592 g/mol. The van der Waals surface area contributed by atoms with Gasteiger partial charge in [-0.2, -0.15) is 10.2 Å². The molecule has 0 atom stereocenters. The summed E-state index contributed by atoms with van der Waals surface area (Å²) in [6.45, 7) is 0. The maximum atomic E-state index is 12.9. The number of ether oxygens (including phenoxy) is 1. The van der Waals surface area contributed by atoms with Gasteiger partial charge < -0.3 is 15.4 Å². The number of methoxy groups -OCH3 is 1. The van der Waals surface area contributed by atoms with Crippen molar-refractivity contribution < 1.29 is 19.1 Å². The lowest BCUT2D eigenvalue weighted by Crippen LogP contribution is -2.33. The molecule has 0 spiro atoms. The van der Waals surface area contributed by atoms with Crippen molar-refractivity contribution >= 4 is 46.9 Å². The number of hydrogen-bond donors (Lipinski definition) is 3. The summed E-state index contributed by atoms with van der Waals surface area (Å²) < 4.78 is 6.95. The number of anilines is 2. The summed E-state index contributed by atoms with van der Waals surface area (Å²) >= 11 is 5.90. The summed E-state index contributed by atoms with van der Waals surface area (Å²) in [5.74, 6) is -1.80. The first-order valence-electron chi connectivity index (χ1n) is 13.0. The van der Waals surface area contributed by atoms with Crippen molar-refractivity contribution in [2.24, 2.45) is 5.10 Å². The average Bonchev–Trinajstić information content (AvgIpc) is 3.47. The number of hydrogen-bond acceptors (Lipinski definition) is 6. The number of nitrogens with zero attached hydrogens (tertiary/aromatic N) is 3. The highest BCUT2D eigenvalue weighted by atomic mass is 35.5. The van der Waals surface area contributed by atoms with Gasteiger partial charge in [0.2, 0.25) is 0 Å². The van der Waals surface area contributed by atoms with Crippen LogP contribution in [0, 0.1) is 0 Å². The minimum atomic E-state index is -1.02. The second kappa shape index (κ2) is 13.3. The van der Waals surface area contributed by atoms with Crippen LogP contribution in [0.15, 0.2) is 114 Å². The maximum Gasteiger partial charge on any atom is 0.329 e. The van der Waals surface area contributed by atoms with Gasteiger partial charge in [-0.15, -0.1) is 0 Å². The molecule has 0 unspecified atom stereocenters. The summed E-state index contributed by atoms with van der Waals surface area (Å²) in [6.07, 6.45) is 3.17. The van der Waals surface area contributed by atoms with E-state index in [1.807, 2.05) is 54.6 Å². The molecule has 3 amide bonds. The van der Waals surface area contributed by atoms with E-state index in [-0.39, 0.29) is 11.3 Å². The van der Waals surface area contributed by atoms with Crippen LogP contribution in [0.4, 0.5) is 11.4 Å². The van der Waals surface area contributed by atoms with Crippen molar-refractivity contribution in [3.8, 4) is 22.7 Å². The van der Waals surface area contributed by atoms with E-state index in [2.05, 4.69) is 21.2 Å². The predicted molar refractivity (Wildman–Crippen MR) is 166 cm³/mol. The highest BCUT2D eigenvalue weighted by Crippen LogP contribution is 2.25. The number of aromatic nitrogens is 2. The van der Waals surface area contributed by atoms with E-state index in [9.17, 15) is 14.4 Å². The fraction of sp³-hybridized carbons (Fsp3) is 0.0312.